The molecule has 0 saturated carbocycles. The fraction of sp³-hybridized carbons (Fsp3) is 0.385. The molecule has 0 saturated heterocycles. The van der Waals surface area contributed by atoms with Crippen molar-refractivity contribution in [1.29, 1.82) is 0 Å². The predicted octanol–water partition coefficient (Wildman–Crippen LogP) is 2.71. The molecule has 96 valence electrons. The molecule has 0 aliphatic heterocycles. The van der Waals surface area contributed by atoms with Gasteiger partial charge in [-0.1, -0.05) is 0 Å². The first-order valence-electron chi connectivity index (χ1n) is 5.84. The lowest BCUT2D eigenvalue weighted by molar-refractivity contribution is 0.402. The predicted molar refractivity (Wildman–Crippen MR) is 72.9 cm³/mol. The van der Waals surface area contributed by atoms with Crippen LogP contribution in [0.25, 0.3) is 0 Å². The fourth-order valence-electron chi connectivity index (χ4n) is 1.68. The van der Waals surface area contributed by atoms with Gasteiger partial charge in [0.05, 0.1) is 23.5 Å². The van der Waals surface area contributed by atoms with Crippen LogP contribution in [-0.4, -0.2) is 17.1 Å². The van der Waals surface area contributed by atoms with Crippen molar-refractivity contribution >= 4 is 11.3 Å². The first-order valence-corrected chi connectivity index (χ1v) is 6.72. The lowest BCUT2D eigenvalue weighted by atomic mass is 10.2. The Morgan fingerprint density at radius 3 is 3.00 bits per heavy atom. The van der Waals surface area contributed by atoms with Gasteiger partial charge in [0.2, 0.25) is 0 Å². The summed E-state index contributed by atoms with van der Waals surface area (Å²) in [4.78, 5) is 8.78. The lowest BCUT2D eigenvalue weighted by Crippen LogP contribution is -2.19. The number of nitrogens with zero attached hydrogens (tertiary/aromatic N) is 2. The van der Waals surface area contributed by atoms with E-state index in [9.17, 15) is 0 Å². The summed E-state index contributed by atoms with van der Waals surface area (Å²) in [5.41, 5.74) is 1.99. The minimum absolute atomic E-state index is 0.210. The minimum Gasteiger partial charge on any atom is -0.495 e. The molecular formula is C13H17N3OS. The average Bonchev–Trinajstić information content (AvgIpc) is 2.83. The number of nitrogens with one attached hydrogen (secondary N) is 1. The largest absolute Gasteiger partial charge is 0.495 e. The number of hydrogen-bond acceptors (Lipinski definition) is 5. The zero-order chi connectivity index (χ0) is 13.0. The van der Waals surface area contributed by atoms with E-state index in [-0.39, 0.29) is 6.04 Å². The Balaban J connectivity index is 1.99. The number of aryl methyl sites for hydroxylation is 1. The van der Waals surface area contributed by atoms with E-state index in [0.717, 1.165) is 22.1 Å². The Kier molecular flexibility index (Phi) is 4.28. The number of pyridine rings is 1. The van der Waals surface area contributed by atoms with E-state index in [1.807, 2.05) is 19.1 Å². The van der Waals surface area contributed by atoms with Gasteiger partial charge in [-0.3, -0.25) is 4.98 Å². The minimum atomic E-state index is 0.210. The van der Waals surface area contributed by atoms with E-state index in [1.165, 1.54) is 0 Å². The molecule has 2 rings (SSSR count). The average molecular weight is 263 g/mol. The van der Waals surface area contributed by atoms with Gasteiger partial charge in [0, 0.05) is 24.2 Å². The molecule has 0 amide bonds. The quantitative estimate of drug-likeness (QED) is 0.901. The van der Waals surface area contributed by atoms with Crippen LogP contribution in [0.1, 0.15) is 29.4 Å². The van der Waals surface area contributed by atoms with Gasteiger partial charge in [0.15, 0.2) is 0 Å². The third-order valence-corrected chi connectivity index (χ3v) is 3.52. The van der Waals surface area contributed by atoms with E-state index in [1.54, 1.807) is 24.6 Å². The second-order valence-electron chi connectivity index (χ2n) is 4.05. The molecule has 1 N–H and O–H groups in total. The maximum Gasteiger partial charge on any atom is 0.141 e. The Hall–Kier alpha value is -1.46. The Morgan fingerprint density at radius 1 is 1.50 bits per heavy atom. The zero-order valence-electron chi connectivity index (χ0n) is 10.8. The molecule has 4 nitrogen and oxygen atoms in total. The molecule has 0 aliphatic rings. The number of methoxy groups -OCH3 is 1. The third-order valence-electron chi connectivity index (χ3n) is 2.72. The molecular weight excluding hydrogens is 246 g/mol. The molecule has 2 aromatic heterocycles. The monoisotopic (exact) mass is 263 g/mol. The summed E-state index contributed by atoms with van der Waals surface area (Å²) in [6, 6.07) is 4.00. The SMILES string of the molecule is COc1cccnc1CNC(C)c1csc(C)n1. The summed E-state index contributed by atoms with van der Waals surface area (Å²) in [7, 11) is 1.66. The van der Waals surface area contributed by atoms with Gasteiger partial charge in [0.1, 0.15) is 5.75 Å². The van der Waals surface area contributed by atoms with Crippen LogP contribution < -0.4 is 10.1 Å². The van der Waals surface area contributed by atoms with Gasteiger partial charge in [-0.2, -0.15) is 0 Å². The summed E-state index contributed by atoms with van der Waals surface area (Å²) >= 11 is 1.67. The van der Waals surface area contributed by atoms with Crippen molar-refractivity contribution in [2.75, 3.05) is 7.11 Å². The highest BCUT2D eigenvalue weighted by Crippen LogP contribution is 2.18. The smallest absolute Gasteiger partial charge is 0.141 e. The molecule has 1 unspecified atom stereocenters. The molecule has 1 atom stereocenters. The summed E-state index contributed by atoms with van der Waals surface area (Å²) in [6.45, 7) is 4.79. The van der Waals surface area contributed by atoms with Gasteiger partial charge in [-0.25, -0.2) is 4.98 Å². The molecule has 0 fully saturated rings. The van der Waals surface area contributed by atoms with Crippen LogP contribution in [0.5, 0.6) is 5.75 Å². The van der Waals surface area contributed by atoms with Crippen molar-refractivity contribution in [1.82, 2.24) is 15.3 Å². The van der Waals surface area contributed by atoms with Crippen LogP contribution in [0.4, 0.5) is 0 Å². The van der Waals surface area contributed by atoms with E-state index >= 15 is 0 Å². The van der Waals surface area contributed by atoms with Crippen molar-refractivity contribution in [2.45, 2.75) is 26.4 Å². The van der Waals surface area contributed by atoms with Gasteiger partial charge >= 0.3 is 0 Å². The third kappa shape index (κ3) is 3.05. The van der Waals surface area contributed by atoms with Gasteiger partial charge in [-0.15, -0.1) is 11.3 Å². The van der Waals surface area contributed by atoms with Crippen molar-refractivity contribution in [3.05, 3.63) is 40.1 Å². The number of thiazole rings is 1. The van der Waals surface area contributed by atoms with Gasteiger partial charge in [0.25, 0.3) is 0 Å². The Morgan fingerprint density at radius 2 is 2.33 bits per heavy atom. The molecule has 0 aliphatic carbocycles. The van der Waals surface area contributed by atoms with E-state index < -0.39 is 0 Å². The molecule has 2 aromatic rings. The fourth-order valence-corrected chi connectivity index (χ4v) is 2.38. The van der Waals surface area contributed by atoms with Crippen molar-refractivity contribution in [3.63, 3.8) is 0 Å². The topological polar surface area (TPSA) is 47.0 Å². The summed E-state index contributed by atoms with van der Waals surface area (Å²) in [5.74, 6) is 0.812. The molecule has 0 aromatic carbocycles. The number of aromatic nitrogens is 2. The second kappa shape index (κ2) is 5.93. The lowest BCUT2D eigenvalue weighted by Gasteiger charge is -2.12. The molecule has 0 spiro atoms. The van der Waals surface area contributed by atoms with Crippen LogP contribution in [0, 0.1) is 6.92 Å². The Bertz CT molecular complexity index is 512. The Labute approximate surface area is 111 Å². The maximum atomic E-state index is 5.27. The standard InChI is InChI=1S/C13H17N3OS/c1-9(12-8-18-10(2)16-12)15-7-11-13(17-3)5-4-6-14-11/h4-6,8-9,15H,7H2,1-3H3. The molecule has 0 bridgehead atoms. The molecule has 18 heavy (non-hydrogen) atoms. The maximum absolute atomic E-state index is 5.27. The summed E-state index contributed by atoms with van der Waals surface area (Å²) < 4.78 is 5.27. The normalized spacial score (nSPS) is 12.4. The van der Waals surface area contributed by atoms with Crippen LogP contribution in [0.3, 0.4) is 0 Å². The van der Waals surface area contributed by atoms with Gasteiger partial charge < -0.3 is 10.1 Å². The summed E-state index contributed by atoms with van der Waals surface area (Å²) in [5, 5.41) is 6.58. The second-order valence-corrected chi connectivity index (χ2v) is 5.11. The number of ether oxygens (including phenoxy) is 1. The van der Waals surface area contributed by atoms with E-state index in [0.29, 0.717) is 6.54 Å². The number of hydrogen-bond donors (Lipinski definition) is 1. The highest BCUT2D eigenvalue weighted by molar-refractivity contribution is 7.09. The zero-order valence-corrected chi connectivity index (χ0v) is 11.6. The van der Waals surface area contributed by atoms with Crippen LogP contribution in [0.15, 0.2) is 23.7 Å². The van der Waals surface area contributed by atoms with Crippen molar-refractivity contribution in [3.8, 4) is 5.75 Å². The first kappa shape index (κ1) is 13.0. The molecule has 5 heteroatoms. The van der Waals surface area contributed by atoms with Crippen LogP contribution >= 0.6 is 11.3 Å². The van der Waals surface area contributed by atoms with Crippen molar-refractivity contribution in [2.24, 2.45) is 0 Å². The van der Waals surface area contributed by atoms with E-state index in [4.69, 9.17) is 4.74 Å². The highest BCUT2D eigenvalue weighted by Gasteiger charge is 2.10. The van der Waals surface area contributed by atoms with Crippen LogP contribution in [0.2, 0.25) is 0 Å². The van der Waals surface area contributed by atoms with Crippen LogP contribution in [-0.2, 0) is 6.54 Å². The summed E-state index contributed by atoms with van der Waals surface area (Å²) in [6.07, 6.45) is 1.77. The highest BCUT2D eigenvalue weighted by atomic mass is 32.1. The van der Waals surface area contributed by atoms with E-state index in [2.05, 4.69) is 27.6 Å². The molecule has 0 radical (unpaired) electrons. The first-order chi connectivity index (χ1) is 8.70. The van der Waals surface area contributed by atoms with Crippen molar-refractivity contribution < 1.29 is 4.74 Å². The molecule has 2 heterocycles. The number of rotatable bonds is 5. The van der Waals surface area contributed by atoms with Gasteiger partial charge in [-0.05, 0) is 26.0 Å².